The molecule has 1 aliphatic heterocycles. The van der Waals surface area contributed by atoms with Crippen LogP contribution in [0.1, 0.15) is 42.7 Å². The van der Waals surface area contributed by atoms with Gasteiger partial charge in [-0.3, -0.25) is 9.69 Å². The first-order valence-corrected chi connectivity index (χ1v) is 6.87. The summed E-state index contributed by atoms with van der Waals surface area (Å²) in [5.74, 6) is 0.326. The maximum atomic E-state index is 11.9. The first kappa shape index (κ1) is 11.7. The van der Waals surface area contributed by atoms with Crippen molar-refractivity contribution < 1.29 is 4.79 Å². The molecule has 0 spiro atoms. The van der Waals surface area contributed by atoms with Crippen LogP contribution in [0.25, 0.3) is 0 Å². The summed E-state index contributed by atoms with van der Waals surface area (Å²) in [5, 5.41) is 3.06. The lowest BCUT2D eigenvalue weighted by atomic mass is 10.2. The summed E-state index contributed by atoms with van der Waals surface area (Å²) < 4.78 is 0. The molecule has 1 aliphatic carbocycles. The van der Waals surface area contributed by atoms with Crippen molar-refractivity contribution in [1.29, 1.82) is 0 Å². The Kier molecular flexibility index (Phi) is 3.32. The van der Waals surface area contributed by atoms with Crippen molar-refractivity contribution in [2.45, 2.75) is 44.2 Å². The Balaban J connectivity index is 1.51. The van der Waals surface area contributed by atoms with Gasteiger partial charge in [0.2, 0.25) is 0 Å². The highest BCUT2D eigenvalue weighted by molar-refractivity contribution is 5.90. The van der Waals surface area contributed by atoms with Crippen molar-refractivity contribution >= 4 is 5.91 Å². The van der Waals surface area contributed by atoms with E-state index in [-0.39, 0.29) is 11.9 Å². The molecule has 1 aromatic rings. The number of carbonyl (C=O) groups is 1. The molecule has 1 saturated heterocycles. The van der Waals surface area contributed by atoms with Gasteiger partial charge in [-0.25, -0.2) is 4.98 Å². The number of nitrogens with zero attached hydrogens (tertiary/aromatic N) is 2. The van der Waals surface area contributed by atoms with Gasteiger partial charge in [0.15, 0.2) is 5.82 Å². The molecule has 2 N–H and O–H groups in total. The number of imidazole rings is 1. The zero-order valence-electron chi connectivity index (χ0n) is 10.6. The molecule has 1 aromatic heterocycles. The normalized spacial score (nSPS) is 25.7. The number of aromatic amines is 1. The summed E-state index contributed by atoms with van der Waals surface area (Å²) in [6.45, 7) is 2.12. The zero-order chi connectivity index (χ0) is 12.4. The predicted molar refractivity (Wildman–Crippen MR) is 68.3 cm³/mol. The molecule has 2 fully saturated rings. The fourth-order valence-corrected chi connectivity index (χ4v) is 3.15. The lowest BCUT2D eigenvalue weighted by Crippen LogP contribution is -2.39. The topological polar surface area (TPSA) is 61.0 Å². The summed E-state index contributed by atoms with van der Waals surface area (Å²) in [6, 6.07) is 1.04. The molecule has 1 amide bonds. The average Bonchev–Trinajstić information content (AvgIpc) is 3.12. The molecule has 0 aromatic carbocycles. The van der Waals surface area contributed by atoms with E-state index >= 15 is 0 Å². The van der Waals surface area contributed by atoms with Crippen LogP contribution in [0.2, 0.25) is 0 Å². The van der Waals surface area contributed by atoms with Gasteiger partial charge >= 0.3 is 0 Å². The van der Waals surface area contributed by atoms with Crippen LogP contribution in [0.15, 0.2) is 12.4 Å². The van der Waals surface area contributed by atoms with Crippen molar-refractivity contribution in [3.05, 3.63) is 18.2 Å². The van der Waals surface area contributed by atoms with Crippen LogP contribution in [-0.4, -0.2) is 45.9 Å². The quantitative estimate of drug-likeness (QED) is 0.843. The monoisotopic (exact) mass is 248 g/mol. The number of nitrogens with one attached hydrogen (secondary N) is 2. The van der Waals surface area contributed by atoms with Crippen LogP contribution in [0.5, 0.6) is 0 Å². The van der Waals surface area contributed by atoms with Gasteiger partial charge in [-0.1, -0.05) is 12.8 Å². The molecule has 5 nitrogen and oxygen atoms in total. The fraction of sp³-hybridized carbons (Fsp3) is 0.692. The van der Waals surface area contributed by atoms with Gasteiger partial charge in [0.05, 0.1) is 0 Å². The lowest BCUT2D eigenvalue weighted by molar-refractivity contribution is 0.0926. The molecule has 1 unspecified atom stereocenters. The third kappa shape index (κ3) is 2.41. The van der Waals surface area contributed by atoms with E-state index in [0.29, 0.717) is 5.82 Å². The van der Waals surface area contributed by atoms with E-state index in [1.54, 1.807) is 12.4 Å². The van der Waals surface area contributed by atoms with Gasteiger partial charge in [-0.15, -0.1) is 0 Å². The minimum absolute atomic E-state index is 0.0849. The zero-order valence-corrected chi connectivity index (χ0v) is 10.6. The number of likely N-dealkylation sites (tertiary alicyclic amines) is 1. The van der Waals surface area contributed by atoms with Gasteiger partial charge in [-0.05, 0) is 19.3 Å². The average molecular weight is 248 g/mol. The molecule has 3 rings (SSSR count). The second-order valence-electron chi connectivity index (χ2n) is 5.33. The second-order valence-corrected chi connectivity index (χ2v) is 5.33. The molecule has 0 bridgehead atoms. The molecule has 2 aliphatic rings. The molecule has 0 radical (unpaired) electrons. The summed E-state index contributed by atoms with van der Waals surface area (Å²) in [7, 11) is 0. The Morgan fingerprint density at radius 1 is 1.39 bits per heavy atom. The number of aromatic nitrogens is 2. The van der Waals surface area contributed by atoms with Gasteiger partial charge in [0, 0.05) is 37.6 Å². The fourth-order valence-electron chi connectivity index (χ4n) is 3.15. The lowest BCUT2D eigenvalue weighted by Gasteiger charge is -2.23. The van der Waals surface area contributed by atoms with E-state index < -0.39 is 0 Å². The number of amides is 1. The molecule has 5 heteroatoms. The van der Waals surface area contributed by atoms with E-state index in [4.69, 9.17) is 0 Å². The minimum atomic E-state index is -0.0849. The first-order valence-electron chi connectivity index (χ1n) is 6.87. The highest BCUT2D eigenvalue weighted by Gasteiger charge is 2.30. The Hall–Kier alpha value is -1.36. The molecule has 18 heavy (non-hydrogen) atoms. The predicted octanol–water partition coefficient (Wildman–Crippen LogP) is 1.16. The van der Waals surface area contributed by atoms with Crippen LogP contribution in [0, 0.1) is 0 Å². The van der Waals surface area contributed by atoms with E-state index in [0.717, 1.165) is 25.6 Å². The van der Waals surface area contributed by atoms with Crippen molar-refractivity contribution in [2.24, 2.45) is 0 Å². The van der Waals surface area contributed by atoms with E-state index in [9.17, 15) is 4.79 Å². The number of hydrogen-bond donors (Lipinski definition) is 2. The summed E-state index contributed by atoms with van der Waals surface area (Å²) in [5.41, 5.74) is 0. The second kappa shape index (κ2) is 5.10. The maximum Gasteiger partial charge on any atom is 0.287 e. The Morgan fingerprint density at radius 2 is 2.22 bits per heavy atom. The van der Waals surface area contributed by atoms with E-state index in [1.165, 1.54) is 25.7 Å². The van der Waals surface area contributed by atoms with Crippen molar-refractivity contribution in [3.63, 3.8) is 0 Å². The van der Waals surface area contributed by atoms with E-state index in [2.05, 4.69) is 20.2 Å². The SMILES string of the molecule is O=C(NC1CCN(C2CCCC2)C1)c1ncc[nH]1. The summed E-state index contributed by atoms with van der Waals surface area (Å²) in [4.78, 5) is 21.2. The van der Waals surface area contributed by atoms with Gasteiger partial charge in [-0.2, -0.15) is 0 Å². The Bertz CT molecular complexity index is 397. The molecule has 2 heterocycles. The van der Waals surface area contributed by atoms with Crippen molar-refractivity contribution in [3.8, 4) is 0 Å². The summed E-state index contributed by atoms with van der Waals surface area (Å²) >= 11 is 0. The third-order valence-electron chi connectivity index (χ3n) is 4.11. The standard InChI is InChI=1S/C13H20N4O/c18-13(12-14-6-7-15-12)16-10-5-8-17(9-10)11-3-1-2-4-11/h6-7,10-11H,1-5,8-9H2,(H,14,15)(H,16,18). The minimum Gasteiger partial charge on any atom is -0.345 e. The summed E-state index contributed by atoms with van der Waals surface area (Å²) in [6.07, 6.45) is 9.73. The Labute approximate surface area is 107 Å². The molecular weight excluding hydrogens is 228 g/mol. The van der Waals surface area contributed by atoms with Crippen LogP contribution in [-0.2, 0) is 0 Å². The highest BCUT2D eigenvalue weighted by Crippen LogP contribution is 2.26. The van der Waals surface area contributed by atoms with Crippen LogP contribution < -0.4 is 5.32 Å². The molecule has 1 saturated carbocycles. The smallest absolute Gasteiger partial charge is 0.287 e. The van der Waals surface area contributed by atoms with Crippen LogP contribution >= 0.6 is 0 Å². The number of rotatable bonds is 3. The van der Waals surface area contributed by atoms with Crippen molar-refractivity contribution in [1.82, 2.24) is 20.2 Å². The number of carbonyl (C=O) groups excluding carboxylic acids is 1. The third-order valence-corrected chi connectivity index (χ3v) is 4.11. The number of H-pyrrole nitrogens is 1. The van der Waals surface area contributed by atoms with Crippen LogP contribution in [0.4, 0.5) is 0 Å². The maximum absolute atomic E-state index is 11.9. The van der Waals surface area contributed by atoms with Gasteiger partial charge < -0.3 is 10.3 Å². The molecular formula is C13H20N4O. The number of hydrogen-bond acceptors (Lipinski definition) is 3. The molecule has 98 valence electrons. The van der Waals surface area contributed by atoms with Crippen molar-refractivity contribution in [2.75, 3.05) is 13.1 Å². The highest BCUT2D eigenvalue weighted by atomic mass is 16.2. The van der Waals surface area contributed by atoms with Gasteiger partial charge in [0.1, 0.15) is 0 Å². The Morgan fingerprint density at radius 3 is 2.94 bits per heavy atom. The van der Waals surface area contributed by atoms with Crippen LogP contribution in [0.3, 0.4) is 0 Å². The van der Waals surface area contributed by atoms with E-state index in [1.807, 2.05) is 0 Å². The largest absolute Gasteiger partial charge is 0.345 e. The first-order chi connectivity index (χ1) is 8.83. The van der Waals surface area contributed by atoms with Gasteiger partial charge in [0.25, 0.3) is 5.91 Å². The molecule has 1 atom stereocenters.